The first kappa shape index (κ1) is 11.0. The lowest BCUT2D eigenvalue weighted by Gasteiger charge is -2.24. The van der Waals surface area contributed by atoms with Crippen molar-refractivity contribution >= 4 is 17.4 Å². The fourth-order valence-corrected chi connectivity index (χ4v) is 2.54. The van der Waals surface area contributed by atoms with Gasteiger partial charge in [0.25, 0.3) is 0 Å². The third-order valence-electron chi connectivity index (χ3n) is 3.46. The normalized spacial score (nSPS) is 17.6. The molecule has 1 heterocycles. The number of carbonyl (C=O) groups excluding carboxylic acids is 1. The van der Waals surface area contributed by atoms with E-state index >= 15 is 0 Å². The molecule has 18 heavy (non-hydrogen) atoms. The molecule has 1 aromatic carbocycles. The zero-order chi connectivity index (χ0) is 12.5. The fraction of sp³-hybridized carbons (Fsp3) is 0.188. The van der Waals surface area contributed by atoms with E-state index in [4.69, 9.17) is 0 Å². The molecule has 90 valence electrons. The Bertz CT molecular complexity index is 593. The highest BCUT2D eigenvalue weighted by atomic mass is 16.1. The first-order valence-electron chi connectivity index (χ1n) is 6.28. The van der Waals surface area contributed by atoms with Gasteiger partial charge in [0.15, 0.2) is 5.78 Å². The standard InChI is InChI=1S/C16H15NO/c1-2-17-10-9-12-5-3-4-6-14(12)15-11-13(18)7-8-16(15)17/h3-10H,2,11H2,1H3. The van der Waals surface area contributed by atoms with Crippen molar-refractivity contribution in [3.05, 3.63) is 59.4 Å². The lowest BCUT2D eigenvalue weighted by molar-refractivity contribution is -0.113. The maximum absolute atomic E-state index is 11.7. The molecular weight excluding hydrogens is 222 g/mol. The summed E-state index contributed by atoms with van der Waals surface area (Å²) in [7, 11) is 0. The molecular formula is C16H15NO. The molecule has 0 radical (unpaired) electrons. The molecule has 3 rings (SSSR count). The van der Waals surface area contributed by atoms with Crippen LogP contribution in [0, 0.1) is 0 Å². The second-order valence-electron chi connectivity index (χ2n) is 4.53. The second kappa shape index (κ2) is 4.30. The summed E-state index contributed by atoms with van der Waals surface area (Å²) in [5.41, 5.74) is 4.66. The van der Waals surface area contributed by atoms with Crippen LogP contribution in [0.15, 0.2) is 48.3 Å². The van der Waals surface area contributed by atoms with Gasteiger partial charge in [-0.1, -0.05) is 24.3 Å². The van der Waals surface area contributed by atoms with Gasteiger partial charge in [-0.15, -0.1) is 0 Å². The maximum Gasteiger partial charge on any atom is 0.160 e. The molecule has 0 amide bonds. The number of rotatable bonds is 1. The number of benzene rings is 1. The Kier molecular flexibility index (Phi) is 2.63. The summed E-state index contributed by atoms with van der Waals surface area (Å²) < 4.78 is 0. The largest absolute Gasteiger partial charge is 0.348 e. The quantitative estimate of drug-likeness (QED) is 0.747. The molecule has 0 saturated carbocycles. The minimum Gasteiger partial charge on any atom is -0.348 e. The smallest absolute Gasteiger partial charge is 0.160 e. The van der Waals surface area contributed by atoms with E-state index in [-0.39, 0.29) is 5.78 Å². The molecule has 0 spiro atoms. The third kappa shape index (κ3) is 1.70. The minimum absolute atomic E-state index is 0.182. The number of nitrogens with zero attached hydrogens (tertiary/aromatic N) is 1. The van der Waals surface area contributed by atoms with Gasteiger partial charge in [-0.2, -0.15) is 0 Å². The summed E-state index contributed by atoms with van der Waals surface area (Å²) in [4.78, 5) is 13.9. The van der Waals surface area contributed by atoms with Crippen LogP contribution in [0.4, 0.5) is 0 Å². The van der Waals surface area contributed by atoms with E-state index in [2.05, 4.69) is 36.2 Å². The van der Waals surface area contributed by atoms with E-state index in [0.29, 0.717) is 6.42 Å². The maximum atomic E-state index is 11.7. The van der Waals surface area contributed by atoms with Crippen molar-refractivity contribution in [2.45, 2.75) is 13.3 Å². The van der Waals surface area contributed by atoms with Gasteiger partial charge in [0.05, 0.1) is 0 Å². The van der Waals surface area contributed by atoms with Crippen molar-refractivity contribution < 1.29 is 4.79 Å². The van der Waals surface area contributed by atoms with E-state index in [1.165, 1.54) is 11.1 Å². The highest BCUT2D eigenvalue weighted by molar-refractivity contribution is 6.02. The van der Waals surface area contributed by atoms with E-state index in [9.17, 15) is 4.79 Å². The number of hydrogen-bond donors (Lipinski definition) is 0. The first-order chi connectivity index (χ1) is 8.79. The Morgan fingerprint density at radius 1 is 1.17 bits per heavy atom. The summed E-state index contributed by atoms with van der Waals surface area (Å²) in [6.45, 7) is 3.02. The molecule has 2 aliphatic rings. The van der Waals surface area contributed by atoms with Crippen LogP contribution >= 0.6 is 0 Å². The molecule has 2 nitrogen and oxygen atoms in total. The topological polar surface area (TPSA) is 20.3 Å². The molecule has 0 bridgehead atoms. The van der Waals surface area contributed by atoms with Crippen LogP contribution in [-0.2, 0) is 4.79 Å². The lowest BCUT2D eigenvalue weighted by atomic mass is 9.91. The van der Waals surface area contributed by atoms with Crippen LogP contribution in [0.3, 0.4) is 0 Å². The van der Waals surface area contributed by atoms with E-state index in [1.807, 2.05) is 18.2 Å². The monoisotopic (exact) mass is 237 g/mol. The van der Waals surface area contributed by atoms with Crippen LogP contribution in [0.25, 0.3) is 11.6 Å². The number of fused-ring (bicyclic) bond motifs is 2. The molecule has 0 unspecified atom stereocenters. The van der Waals surface area contributed by atoms with Crippen LogP contribution in [0.5, 0.6) is 0 Å². The van der Waals surface area contributed by atoms with Crippen LogP contribution in [-0.4, -0.2) is 17.2 Å². The summed E-state index contributed by atoms with van der Waals surface area (Å²) in [6, 6.07) is 8.26. The molecule has 1 aromatic rings. The Balaban J connectivity index is 2.23. The molecule has 2 heteroatoms. The van der Waals surface area contributed by atoms with Crippen molar-refractivity contribution in [2.75, 3.05) is 6.54 Å². The Labute approximate surface area is 107 Å². The second-order valence-corrected chi connectivity index (χ2v) is 4.53. The molecule has 0 saturated heterocycles. The Hall–Kier alpha value is -2.09. The highest BCUT2D eigenvalue weighted by Crippen LogP contribution is 2.34. The van der Waals surface area contributed by atoms with Gasteiger partial charge >= 0.3 is 0 Å². The zero-order valence-corrected chi connectivity index (χ0v) is 10.4. The SMILES string of the molecule is CCN1C=Cc2ccccc2C2=C1C=CC(=O)C2. The Morgan fingerprint density at radius 2 is 2.00 bits per heavy atom. The highest BCUT2D eigenvalue weighted by Gasteiger charge is 2.21. The molecule has 0 N–H and O–H groups in total. The van der Waals surface area contributed by atoms with Gasteiger partial charge in [-0.25, -0.2) is 0 Å². The fourth-order valence-electron chi connectivity index (χ4n) is 2.54. The minimum atomic E-state index is 0.182. The first-order valence-corrected chi connectivity index (χ1v) is 6.28. The Morgan fingerprint density at radius 3 is 2.83 bits per heavy atom. The summed E-state index contributed by atoms with van der Waals surface area (Å²) in [5.74, 6) is 0.182. The number of carbonyl (C=O) groups is 1. The summed E-state index contributed by atoms with van der Waals surface area (Å²) >= 11 is 0. The van der Waals surface area contributed by atoms with Gasteiger partial charge in [0.2, 0.25) is 0 Å². The number of likely N-dealkylation sites (N-methyl/N-ethyl adjacent to an activating group) is 1. The van der Waals surface area contributed by atoms with Crippen molar-refractivity contribution in [3.63, 3.8) is 0 Å². The van der Waals surface area contributed by atoms with Crippen LogP contribution in [0.2, 0.25) is 0 Å². The average Bonchev–Trinajstić information content (AvgIpc) is 2.55. The van der Waals surface area contributed by atoms with E-state index in [0.717, 1.165) is 17.8 Å². The van der Waals surface area contributed by atoms with Crippen molar-refractivity contribution in [2.24, 2.45) is 0 Å². The third-order valence-corrected chi connectivity index (χ3v) is 3.46. The predicted octanol–water partition coefficient (Wildman–Crippen LogP) is 3.23. The van der Waals surface area contributed by atoms with E-state index in [1.54, 1.807) is 6.08 Å². The van der Waals surface area contributed by atoms with Crippen LogP contribution in [0.1, 0.15) is 24.5 Å². The number of hydrogen-bond acceptors (Lipinski definition) is 2. The van der Waals surface area contributed by atoms with Gasteiger partial charge in [0, 0.05) is 24.9 Å². The zero-order valence-electron chi connectivity index (χ0n) is 10.4. The molecule has 1 aliphatic heterocycles. The van der Waals surface area contributed by atoms with Crippen molar-refractivity contribution in [1.29, 1.82) is 0 Å². The van der Waals surface area contributed by atoms with Crippen molar-refractivity contribution in [3.8, 4) is 0 Å². The number of allylic oxidation sites excluding steroid dienone is 3. The van der Waals surface area contributed by atoms with Crippen LogP contribution < -0.4 is 0 Å². The van der Waals surface area contributed by atoms with Gasteiger partial charge < -0.3 is 4.90 Å². The molecule has 0 atom stereocenters. The van der Waals surface area contributed by atoms with Gasteiger partial charge in [0.1, 0.15) is 0 Å². The van der Waals surface area contributed by atoms with E-state index < -0.39 is 0 Å². The summed E-state index contributed by atoms with van der Waals surface area (Å²) in [6.07, 6.45) is 8.35. The molecule has 0 aromatic heterocycles. The molecule has 1 aliphatic carbocycles. The van der Waals surface area contributed by atoms with Gasteiger partial charge in [-0.05, 0) is 41.9 Å². The van der Waals surface area contributed by atoms with Crippen molar-refractivity contribution in [1.82, 2.24) is 4.90 Å². The molecule has 0 fully saturated rings. The number of ketones is 1. The predicted molar refractivity (Wildman–Crippen MR) is 73.5 cm³/mol. The average molecular weight is 237 g/mol. The lowest BCUT2D eigenvalue weighted by Crippen LogP contribution is -2.18. The summed E-state index contributed by atoms with van der Waals surface area (Å²) in [5, 5.41) is 0. The van der Waals surface area contributed by atoms with Gasteiger partial charge in [-0.3, -0.25) is 4.79 Å².